The minimum absolute atomic E-state index is 0.229. The van der Waals surface area contributed by atoms with Gasteiger partial charge in [0.2, 0.25) is 0 Å². The Morgan fingerprint density at radius 3 is 2.70 bits per heavy atom. The van der Waals surface area contributed by atoms with Gasteiger partial charge in [-0.05, 0) is 43.3 Å². The molecule has 0 fully saturated rings. The summed E-state index contributed by atoms with van der Waals surface area (Å²) in [5, 5.41) is 2.79. The van der Waals surface area contributed by atoms with Crippen molar-refractivity contribution >= 4 is 17.4 Å². The lowest BCUT2D eigenvalue weighted by molar-refractivity contribution is 0.102. The monoisotopic (exact) mass is 272 g/mol. The highest BCUT2D eigenvalue weighted by atomic mass is 16.5. The van der Waals surface area contributed by atoms with Crippen LogP contribution in [0.1, 0.15) is 17.3 Å². The number of pyridine rings is 1. The Balaban J connectivity index is 2.06. The molecule has 0 spiro atoms. The van der Waals surface area contributed by atoms with Crippen molar-refractivity contribution in [3.63, 3.8) is 0 Å². The summed E-state index contributed by atoms with van der Waals surface area (Å²) in [7, 11) is 0. The molecule has 0 aliphatic carbocycles. The average Bonchev–Trinajstić information content (AvgIpc) is 2.49. The molecular weight excluding hydrogens is 256 g/mol. The molecule has 0 aliphatic rings. The summed E-state index contributed by atoms with van der Waals surface area (Å²) in [4.78, 5) is 16.0. The third-order valence-corrected chi connectivity index (χ3v) is 2.59. The lowest BCUT2D eigenvalue weighted by atomic mass is 10.2. The van der Waals surface area contributed by atoms with Crippen molar-refractivity contribution < 1.29 is 9.53 Å². The lowest BCUT2D eigenvalue weighted by Crippen LogP contribution is -2.14. The van der Waals surface area contributed by atoms with Gasteiger partial charge in [0.25, 0.3) is 5.91 Å². The highest BCUT2D eigenvalue weighted by Crippen LogP contribution is 2.16. The molecule has 1 aromatic carbocycles. The summed E-state index contributed by atoms with van der Waals surface area (Å²) in [6, 6.07) is 10.4. The predicted octanol–water partition coefficient (Wildman–Crippen LogP) is 2.02. The molecule has 1 heterocycles. The fourth-order valence-electron chi connectivity index (χ4n) is 1.66. The van der Waals surface area contributed by atoms with E-state index in [0.717, 1.165) is 5.75 Å². The van der Waals surface area contributed by atoms with E-state index in [1.807, 2.05) is 6.92 Å². The van der Waals surface area contributed by atoms with Crippen LogP contribution in [0.15, 0.2) is 42.6 Å². The van der Waals surface area contributed by atoms with E-state index in [2.05, 4.69) is 15.7 Å². The molecule has 0 aliphatic heterocycles. The number of carbonyl (C=O) groups excluding carboxylic acids is 1. The number of hydrogen-bond donors (Lipinski definition) is 3. The van der Waals surface area contributed by atoms with Crippen LogP contribution in [-0.2, 0) is 0 Å². The fourth-order valence-corrected chi connectivity index (χ4v) is 1.66. The lowest BCUT2D eigenvalue weighted by Gasteiger charge is -2.07. The Hall–Kier alpha value is -2.60. The van der Waals surface area contributed by atoms with Crippen LogP contribution in [0.3, 0.4) is 0 Å². The molecule has 104 valence electrons. The van der Waals surface area contributed by atoms with Crippen molar-refractivity contribution in [3.05, 3.63) is 48.2 Å². The van der Waals surface area contributed by atoms with Crippen molar-refractivity contribution in [2.45, 2.75) is 6.92 Å². The summed E-state index contributed by atoms with van der Waals surface area (Å²) in [6.07, 6.45) is 1.52. The van der Waals surface area contributed by atoms with Gasteiger partial charge in [0, 0.05) is 17.4 Å². The van der Waals surface area contributed by atoms with E-state index in [4.69, 9.17) is 10.6 Å². The van der Waals surface area contributed by atoms with E-state index in [1.54, 1.807) is 36.4 Å². The second kappa shape index (κ2) is 6.53. The van der Waals surface area contributed by atoms with Crippen molar-refractivity contribution in [2.24, 2.45) is 5.84 Å². The minimum Gasteiger partial charge on any atom is -0.494 e. The number of rotatable bonds is 5. The Morgan fingerprint density at radius 2 is 2.05 bits per heavy atom. The third-order valence-electron chi connectivity index (χ3n) is 2.59. The van der Waals surface area contributed by atoms with Crippen LogP contribution < -0.4 is 21.3 Å². The number of anilines is 2. The smallest absolute Gasteiger partial charge is 0.255 e. The summed E-state index contributed by atoms with van der Waals surface area (Å²) in [5.41, 5.74) is 3.57. The normalized spacial score (nSPS) is 9.90. The summed E-state index contributed by atoms with van der Waals surface area (Å²) >= 11 is 0. The standard InChI is InChI=1S/C14H16N4O2/c1-2-20-12-5-3-11(4-6-12)17-14(19)10-7-8-16-13(9-10)18-15/h3-9H,2,15H2,1H3,(H,16,18)(H,17,19). The number of carbonyl (C=O) groups is 1. The van der Waals surface area contributed by atoms with Crippen LogP contribution >= 0.6 is 0 Å². The molecule has 0 unspecified atom stereocenters. The first-order chi connectivity index (χ1) is 9.72. The second-order valence-corrected chi connectivity index (χ2v) is 3.99. The van der Waals surface area contributed by atoms with Crippen molar-refractivity contribution in [2.75, 3.05) is 17.3 Å². The number of amides is 1. The predicted molar refractivity (Wildman–Crippen MR) is 77.6 cm³/mol. The van der Waals surface area contributed by atoms with Gasteiger partial charge in [0.05, 0.1) is 6.61 Å². The molecule has 0 saturated heterocycles. The molecule has 6 heteroatoms. The first-order valence-electron chi connectivity index (χ1n) is 6.20. The molecular formula is C14H16N4O2. The molecule has 0 bridgehead atoms. The van der Waals surface area contributed by atoms with Crippen LogP contribution in [0.25, 0.3) is 0 Å². The zero-order chi connectivity index (χ0) is 14.4. The molecule has 2 aromatic rings. The summed E-state index contributed by atoms with van der Waals surface area (Å²) in [5.74, 6) is 6.23. The van der Waals surface area contributed by atoms with Crippen molar-refractivity contribution in [1.29, 1.82) is 0 Å². The number of hydrazine groups is 1. The zero-order valence-electron chi connectivity index (χ0n) is 11.1. The van der Waals surface area contributed by atoms with E-state index in [-0.39, 0.29) is 5.91 Å². The molecule has 4 N–H and O–H groups in total. The van der Waals surface area contributed by atoms with Crippen LogP contribution in [-0.4, -0.2) is 17.5 Å². The number of nitrogen functional groups attached to an aromatic ring is 1. The number of nitrogens with two attached hydrogens (primary N) is 1. The Bertz CT molecular complexity index is 584. The van der Waals surface area contributed by atoms with Crippen LogP contribution in [0.4, 0.5) is 11.5 Å². The van der Waals surface area contributed by atoms with Gasteiger partial charge in [-0.2, -0.15) is 0 Å². The molecule has 2 rings (SSSR count). The molecule has 1 amide bonds. The second-order valence-electron chi connectivity index (χ2n) is 3.99. The number of nitrogens with one attached hydrogen (secondary N) is 2. The molecule has 0 saturated carbocycles. The average molecular weight is 272 g/mol. The number of hydrogen-bond acceptors (Lipinski definition) is 5. The maximum Gasteiger partial charge on any atom is 0.255 e. The van der Waals surface area contributed by atoms with Crippen molar-refractivity contribution in [1.82, 2.24) is 4.98 Å². The number of aromatic nitrogens is 1. The van der Waals surface area contributed by atoms with Gasteiger partial charge in [-0.25, -0.2) is 10.8 Å². The maximum atomic E-state index is 12.1. The van der Waals surface area contributed by atoms with E-state index in [0.29, 0.717) is 23.7 Å². The van der Waals surface area contributed by atoms with Gasteiger partial charge in [-0.1, -0.05) is 0 Å². The van der Waals surface area contributed by atoms with E-state index in [9.17, 15) is 4.79 Å². The highest BCUT2D eigenvalue weighted by Gasteiger charge is 2.07. The Labute approximate surface area is 116 Å². The Kier molecular flexibility index (Phi) is 4.52. The largest absolute Gasteiger partial charge is 0.494 e. The molecule has 1 aromatic heterocycles. The minimum atomic E-state index is -0.229. The number of nitrogens with zero attached hydrogens (tertiary/aromatic N) is 1. The first kappa shape index (κ1) is 13.8. The van der Waals surface area contributed by atoms with Crippen molar-refractivity contribution in [3.8, 4) is 5.75 Å². The topological polar surface area (TPSA) is 89.3 Å². The maximum absolute atomic E-state index is 12.1. The third kappa shape index (κ3) is 3.46. The summed E-state index contributed by atoms with van der Waals surface area (Å²) < 4.78 is 5.34. The molecule has 0 atom stereocenters. The van der Waals surface area contributed by atoms with Gasteiger partial charge >= 0.3 is 0 Å². The highest BCUT2D eigenvalue weighted by molar-refractivity contribution is 6.04. The SMILES string of the molecule is CCOc1ccc(NC(=O)c2ccnc(NN)c2)cc1. The number of ether oxygens (including phenoxy) is 1. The molecule has 6 nitrogen and oxygen atoms in total. The Morgan fingerprint density at radius 1 is 1.30 bits per heavy atom. The van der Waals surface area contributed by atoms with Crippen LogP contribution in [0.5, 0.6) is 5.75 Å². The molecule has 0 radical (unpaired) electrons. The van der Waals surface area contributed by atoms with Crippen LogP contribution in [0, 0.1) is 0 Å². The van der Waals surface area contributed by atoms with E-state index >= 15 is 0 Å². The van der Waals surface area contributed by atoms with Gasteiger partial charge in [0.1, 0.15) is 11.6 Å². The first-order valence-corrected chi connectivity index (χ1v) is 6.20. The molecule has 20 heavy (non-hydrogen) atoms. The fraction of sp³-hybridized carbons (Fsp3) is 0.143. The van der Waals surface area contributed by atoms with Crippen LogP contribution in [0.2, 0.25) is 0 Å². The van der Waals surface area contributed by atoms with Gasteiger partial charge in [0.15, 0.2) is 0 Å². The van der Waals surface area contributed by atoms with E-state index in [1.165, 1.54) is 6.20 Å². The van der Waals surface area contributed by atoms with Gasteiger partial charge in [-0.3, -0.25) is 4.79 Å². The number of benzene rings is 1. The van der Waals surface area contributed by atoms with E-state index < -0.39 is 0 Å². The summed E-state index contributed by atoms with van der Waals surface area (Å²) in [6.45, 7) is 2.53. The van der Waals surface area contributed by atoms with Gasteiger partial charge < -0.3 is 15.5 Å². The quantitative estimate of drug-likeness (QED) is 0.572. The zero-order valence-corrected chi connectivity index (χ0v) is 11.1. The van der Waals surface area contributed by atoms with Gasteiger partial charge in [-0.15, -0.1) is 0 Å².